The van der Waals surface area contributed by atoms with Crippen molar-refractivity contribution in [3.05, 3.63) is 29.8 Å². The maximum Gasteiger partial charge on any atom is 0.196 e. The first kappa shape index (κ1) is 13.0. The summed E-state index contributed by atoms with van der Waals surface area (Å²) >= 11 is 7.80. The van der Waals surface area contributed by atoms with Crippen molar-refractivity contribution in [2.24, 2.45) is 0 Å². The second kappa shape index (κ2) is 4.36. The second-order valence-electron chi connectivity index (χ2n) is 4.08. The van der Waals surface area contributed by atoms with Crippen LogP contribution in [0.1, 0.15) is 5.56 Å². The summed E-state index contributed by atoms with van der Waals surface area (Å²) in [5, 5.41) is 1.62. The third-order valence-electron chi connectivity index (χ3n) is 3.26. The van der Waals surface area contributed by atoms with Crippen molar-refractivity contribution < 1.29 is 0 Å². The molecule has 0 radical (unpaired) electrons. The number of rotatable bonds is 1. The molecule has 1 aromatic carbocycles. The van der Waals surface area contributed by atoms with Gasteiger partial charge in [0.2, 0.25) is 0 Å². The smallest absolute Gasteiger partial charge is 0.196 e. The molecule has 1 aliphatic heterocycles. The number of alkyl halides is 3. The van der Waals surface area contributed by atoms with Crippen LogP contribution in [0.2, 0.25) is 6.55 Å². The minimum Gasteiger partial charge on any atom is -0.317 e. The third-order valence-corrected chi connectivity index (χ3v) is 17.0. The molecule has 1 atom stereocenters. The zero-order valence-electron chi connectivity index (χ0n) is 8.60. The van der Waals surface area contributed by atoms with Crippen LogP contribution in [0.3, 0.4) is 0 Å². The topological polar surface area (TPSA) is 3.24 Å². The molecule has 0 aromatic heterocycles. The molecule has 1 unspecified atom stereocenters. The molecule has 15 heavy (non-hydrogen) atoms. The van der Waals surface area contributed by atoms with Gasteiger partial charge in [0.15, 0.2) is 8.24 Å². The Morgan fingerprint density at radius 3 is 2.47 bits per heavy atom. The minimum atomic E-state index is -1.52. The number of halogens is 3. The normalized spacial score (nSPS) is 26.7. The van der Waals surface area contributed by atoms with Gasteiger partial charge in [0.1, 0.15) is -0.942 Å². The Kier molecular flexibility index (Phi) is 3.79. The van der Waals surface area contributed by atoms with E-state index in [1.165, 1.54) is 5.56 Å². The first-order valence-corrected chi connectivity index (χ1v) is 10.4. The molecule has 0 spiro atoms. The first-order chi connectivity index (χ1) is 6.87. The molecule has 2 rings (SSSR count). The summed E-state index contributed by atoms with van der Waals surface area (Å²) in [6, 6.07) is 8.94. The van der Waals surface area contributed by atoms with Crippen LogP contribution in [0.15, 0.2) is 24.3 Å². The van der Waals surface area contributed by atoms with Gasteiger partial charge in [-0.25, -0.2) is 0 Å². The van der Waals surface area contributed by atoms with E-state index in [0.29, 0.717) is -0.942 Å². The first-order valence-electron chi connectivity index (χ1n) is 4.73. The van der Waals surface area contributed by atoms with Crippen molar-refractivity contribution in [3.63, 3.8) is 0 Å². The van der Waals surface area contributed by atoms with E-state index >= 15 is 0 Å². The average molecular weight is 555 g/mol. The zero-order valence-corrected chi connectivity index (χ0v) is 16.1. The molecule has 0 bridgehead atoms. The van der Waals surface area contributed by atoms with Gasteiger partial charge in [-0.05, 0) is 24.3 Å². The fourth-order valence-electron chi connectivity index (χ4n) is 2.12. The van der Waals surface area contributed by atoms with Crippen molar-refractivity contribution in [2.75, 3.05) is 7.05 Å². The summed E-state index contributed by atoms with van der Waals surface area (Å²) in [5.41, 5.74) is 1.53. The van der Waals surface area contributed by atoms with E-state index in [9.17, 15) is 0 Å². The summed E-state index contributed by atoms with van der Waals surface area (Å²) in [7, 11) is 0.756. The highest BCUT2D eigenvalue weighted by Gasteiger charge is 2.54. The minimum absolute atomic E-state index is 0.307. The summed E-state index contributed by atoms with van der Waals surface area (Å²) in [5.74, 6) is 0. The number of nitrogens with zero attached hydrogens (tertiary/aromatic N) is 1. The predicted molar refractivity (Wildman–Crippen MR) is 94.0 cm³/mol. The van der Waals surface area contributed by atoms with E-state index in [0.717, 1.165) is 6.54 Å². The maximum absolute atomic E-state index is 2.60. The zero-order chi connectivity index (χ0) is 11.3. The standard InChI is InChI=1S/C10H12I3NSi/c1-14-7-8-5-3-4-6-9(8)15(14,2)10(11,12)13/h3-6H,7H2,1-2H3. The van der Waals surface area contributed by atoms with Crippen molar-refractivity contribution in [3.8, 4) is 0 Å². The molecule has 1 aromatic rings. The van der Waals surface area contributed by atoms with Crippen LogP contribution in [0.4, 0.5) is 0 Å². The Bertz CT molecular complexity index is 390. The number of hydrogen-bond donors (Lipinski definition) is 0. The van der Waals surface area contributed by atoms with Crippen LogP contribution in [0.25, 0.3) is 0 Å². The van der Waals surface area contributed by atoms with Gasteiger partial charge in [-0.2, -0.15) is 0 Å². The molecule has 5 heteroatoms. The molecular weight excluding hydrogens is 543 g/mol. The number of hydrogen-bond acceptors (Lipinski definition) is 1. The summed E-state index contributed by atoms with van der Waals surface area (Å²) in [6.45, 7) is 3.60. The van der Waals surface area contributed by atoms with Gasteiger partial charge in [-0.3, -0.25) is 0 Å². The van der Waals surface area contributed by atoms with Crippen molar-refractivity contribution in [1.29, 1.82) is 0 Å². The molecule has 1 heterocycles. The Morgan fingerprint density at radius 1 is 1.27 bits per heavy atom. The molecule has 0 N–H and O–H groups in total. The van der Waals surface area contributed by atoms with E-state index in [4.69, 9.17) is 0 Å². The summed E-state index contributed by atoms with van der Waals surface area (Å²) in [6.07, 6.45) is 0. The van der Waals surface area contributed by atoms with Gasteiger partial charge < -0.3 is 4.57 Å². The van der Waals surface area contributed by atoms with Gasteiger partial charge in [0.25, 0.3) is 0 Å². The summed E-state index contributed by atoms with van der Waals surface area (Å²) < 4.78 is 2.89. The van der Waals surface area contributed by atoms with Crippen LogP contribution in [-0.2, 0) is 6.54 Å². The van der Waals surface area contributed by atoms with Crippen LogP contribution in [0, 0.1) is 0 Å². The lowest BCUT2D eigenvalue weighted by Crippen LogP contribution is -2.62. The van der Waals surface area contributed by atoms with Gasteiger partial charge >= 0.3 is 0 Å². The molecular formula is C10H12I3NSi. The third kappa shape index (κ3) is 2.04. The van der Waals surface area contributed by atoms with Gasteiger partial charge in [-0.15, -0.1) is 0 Å². The van der Waals surface area contributed by atoms with Crippen molar-refractivity contribution >= 4 is 81.2 Å². The highest BCUT2D eigenvalue weighted by molar-refractivity contribution is 14.3. The van der Waals surface area contributed by atoms with Gasteiger partial charge in [-0.1, -0.05) is 92.0 Å². The largest absolute Gasteiger partial charge is 0.317 e. The molecule has 0 fully saturated rings. The fraction of sp³-hybridized carbons (Fsp3) is 0.400. The maximum atomic E-state index is 2.60. The van der Waals surface area contributed by atoms with E-state index < -0.39 is 8.24 Å². The highest BCUT2D eigenvalue weighted by atomic mass is 127. The van der Waals surface area contributed by atoms with Crippen molar-refractivity contribution in [2.45, 2.75) is 12.2 Å². The van der Waals surface area contributed by atoms with Gasteiger partial charge in [0.05, 0.1) is 0 Å². The average Bonchev–Trinajstić information content (AvgIpc) is 2.40. The van der Waals surface area contributed by atoms with Crippen molar-refractivity contribution in [1.82, 2.24) is 4.57 Å². The Hall–Kier alpha value is 1.59. The van der Waals surface area contributed by atoms with E-state index in [1.807, 2.05) is 0 Å². The predicted octanol–water partition coefficient (Wildman–Crippen LogP) is 3.41. The van der Waals surface area contributed by atoms with E-state index in [1.54, 1.807) is 5.19 Å². The highest BCUT2D eigenvalue weighted by Crippen LogP contribution is 2.47. The monoisotopic (exact) mass is 555 g/mol. The number of benzene rings is 1. The quantitative estimate of drug-likeness (QED) is 0.292. The van der Waals surface area contributed by atoms with Crippen LogP contribution in [0.5, 0.6) is 0 Å². The van der Waals surface area contributed by atoms with Gasteiger partial charge in [0, 0.05) is 6.54 Å². The Morgan fingerprint density at radius 2 is 1.87 bits per heavy atom. The fourth-order valence-corrected chi connectivity index (χ4v) is 11.3. The number of fused-ring (bicyclic) bond motifs is 1. The van der Waals surface area contributed by atoms with Crippen LogP contribution < -0.4 is 5.19 Å². The molecule has 1 aliphatic rings. The molecule has 82 valence electrons. The second-order valence-corrected chi connectivity index (χ2v) is 22.4. The lowest BCUT2D eigenvalue weighted by Gasteiger charge is -2.38. The summed E-state index contributed by atoms with van der Waals surface area (Å²) in [4.78, 5) is 0. The molecule has 0 amide bonds. The molecule has 0 saturated carbocycles. The molecule has 0 aliphatic carbocycles. The SMILES string of the molecule is CN1Cc2ccccc2[Si]1(C)C(I)(I)I. The van der Waals surface area contributed by atoms with E-state index in [2.05, 4.69) is 110 Å². The van der Waals surface area contributed by atoms with E-state index in [-0.39, 0.29) is 0 Å². The molecule has 0 saturated heterocycles. The lowest BCUT2D eigenvalue weighted by molar-refractivity contribution is 0.528. The molecule has 1 nitrogen and oxygen atoms in total. The lowest BCUT2D eigenvalue weighted by atomic mass is 10.2. The Labute approximate surface area is 133 Å². The van der Waals surface area contributed by atoms with Crippen LogP contribution in [-0.4, -0.2) is 18.9 Å². The van der Waals surface area contributed by atoms with Crippen LogP contribution >= 0.6 is 67.8 Å². The Balaban J connectivity index is 2.59.